The molecule has 1 aromatic carbocycles. The van der Waals surface area contributed by atoms with Crippen LogP contribution in [0.3, 0.4) is 0 Å². The van der Waals surface area contributed by atoms with E-state index in [2.05, 4.69) is 64.8 Å². The van der Waals surface area contributed by atoms with Crippen LogP contribution in [0.2, 0.25) is 0 Å². The maximum absolute atomic E-state index is 5.84. The first-order chi connectivity index (χ1) is 15.7. The summed E-state index contributed by atoms with van der Waals surface area (Å²) in [6, 6.07) is 0.336. The second kappa shape index (κ2) is 9.83. The molecule has 0 saturated carbocycles. The maximum atomic E-state index is 5.84. The van der Waals surface area contributed by atoms with Crippen LogP contribution in [0.5, 0.6) is 0 Å². The molecule has 3 N–H and O–H groups in total. The topological polar surface area (TPSA) is 70.8 Å². The van der Waals surface area contributed by atoms with Gasteiger partial charge in [-0.3, -0.25) is 9.88 Å². The monoisotopic (exact) mass is 433 g/mol. The van der Waals surface area contributed by atoms with Gasteiger partial charge in [-0.1, -0.05) is 32.8 Å². The summed E-state index contributed by atoms with van der Waals surface area (Å²) in [7, 11) is 15.5. The minimum atomic E-state index is 0.336. The van der Waals surface area contributed by atoms with E-state index in [-0.39, 0.29) is 0 Å². The molecule has 0 amide bonds. The van der Waals surface area contributed by atoms with Crippen molar-refractivity contribution in [1.29, 1.82) is 0 Å². The molecule has 2 heterocycles. The van der Waals surface area contributed by atoms with Crippen molar-refractivity contribution in [1.82, 2.24) is 19.9 Å². The zero-order valence-corrected chi connectivity index (χ0v) is 21.7. The van der Waals surface area contributed by atoms with Gasteiger partial charge in [-0.2, -0.15) is 0 Å². The number of nitrogens with two attached hydrogens (primary N) is 1. The molecule has 1 atom stereocenters. The van der Waals surface area contributed by atoms with Gasteiger partial charge in [0.15, 0.2) is 7.85 Å². The van der Waals surface area contributed by atoms with Gasteiger partial charge >= 0.3 is 0 Å². The van der Waals surface area contributed by atoms with Crippen LogP contribution in [-0.4, -0.2) is 87.9 Å². The van der Waals surface area contributed by atoms with Gasteiger partial charge in [0.05, 0.1) is 29.3 Å². The first-order valence-corrected chi connectivity index (χ1v) is 12.6. The normalized spacial score (nSPS) is 15.9. The summed E-state index contributed by atoms with van der Waals surface area (Å²) < 4.78 is 0. The van der Waals surface area contributed by atoms with Crippen molar-refractivity contribution in [2.75, 3.05) is 13.1 Å². The number of aromatic amines is 1. The van der Waals surface area contributed by atoms with Crippen molar-refractivity contribution in [3.63, 3.8) is 0 Å². The van der Waals surface area contributed by atoms with Crippen LogP contribution in [0.4, 0.5) is 0 Å². The van der Waals surface area contributed by atoms with Gasteiger partial charge < -0.3 is 10.7 Å². The van der Waals surface area contributed by atoms with E-state index in [1.165, 1.54) is 61.6 Å². The van der Waals surface area contributed by atoms with E-state index in [4.69, 9.17) is 15.7 Å². The predicted octanol–water partition coefficient (Wildman–Crippen LogP) is -8.61. The molecule has 1 aliphatic rings. The van der Waals surface area contributed by atoms with Crippen LogP contribution in [0.1, 0.15) is 48.8 Å². The third-order valence-corrected chi connectivity index (χ3v) is 8.24. The molecule has 4 rings (SSSR count). The summed E-state index contributed by atoms with van der Waals surface area (Å²) in [5.74, 6) is 1.06. The van der Waals surface area contributed by atoms with E-state index < -0.39 is 0 Å². The molecule has 12 heteroatoms. The average Bonchev–Trinajstić information content (AvgIpc) is 3.23. The van der Waals surface area contributed by atoms with Gasteiger partial charge in [0.2, 0.25) is 0 Å². The van der Waals surface area contributed by atoms with Crippen LogP contribution >= 0.6 is 0 Å². The molecule has 5 nitrogen and oxygen atoms in total. The molecule has 164 valence electrons. The van der Waals surface area contributed by atoms with E-state index in [1.807, 2.05) is 0 Å². The highest BCUT2D eigenvalue weighted by molar-refractivity contribution is 6.66. The number of rotatable bonds is 7. The van der Waals surface area contributed by atoms with Gasteiger partial charge in [-0.15, -0.1) is 0 Å². The molecular weight excluding hydrogens is 398 g/mol. The van der Waals surface area contributed by atoms with Crippen LogP contribution < -0.4 is 44.1 Å². The summed E-state index contributed by atoms with van der Waals surface area (Å²) in [5.41, 5.74) is 20.2. The molecule has 2 aromatic heterocycles. The fourth-order valence-electron chi connectivity index (χ4n) is 5.54. The van der Waals surface area contributed by atoms with Gasteiger partial charge in [-0.25, -0.2) is 4.98 Å². The zero-order valence-electron chi connectivity index (χ0n) is 21.7. The zero-order chi connectivity index (χ0) is 23.9. The lowest BCUT2D eigenvalue weighted by Gasteiger charge is -2.36. The molecule has 0 aliphatic heterocycles. The predicted molar refractivity (Wildman–Crippen MR) is 162 cm³/mol. The number of H-pyrrole nitrogens is 1. The van der Waals surface area contributed by atoms with Crippen molar-refractivity contribution in [2.45, 2.75) is 44.7 Å². The minimum absolute atomic E-state index is 0.336. The largest absolute Gasteiger partial charge is 0.341 e. The summed E-state index contributed by atoms with van der Waals surface area (Å²) in [6.45, 7) is 2.57. The number of hydrogen-bond donors (Lipinski definition) is 2. The first kappa shape index (κ1) is 24.3. The van der Waals surface area contributed by atoms with Crippen LogP contribution in [-0.2, 0) is 13.0 Å². The van der Waals surface area contributed by atoms with Crippen LogP contribution in [0.25, 0.3) is 11.0 Å². The van der Waals surface area contributed by atoms with Crippen LogP contribution in [0, 0.1) is 0 Å². The number of nitrogens with one attached hydrogen (secondary N) is 1. The molecule has 3 aromatic rings. The molecule has 0 spiro atoms. The van der Waals surface area contributed by atoms with E-state index in [0.29, 0.717) is 6.04 Å². The van der Waals surface area contributed by atoms with Gasteiger partial charge in [0.1, 0.15) is 52.9 Å². The summed E-state index contributed by atoms with van der Waals surface area (Å²) in [5, 5.41) is 0. The molecule has 33 heavy (non-hydrogen) atoms. The van der Waals surface area contributed by atoms with Crippen molar-refractivity contribution < 1.29 is 0 Å². The second-order valence-corrected chi connectivity index (χ2v) is 10.1. The fraction of sp³-hybridized carbons (Fsp3) is 0.429. The van der Waals surface area contributed by atoms with E-state index in [9.17, 15) is 0 Å². The van der Waals surface area contributed by atoms with Gasteiger partial charge in [0, 0.05) is 0 Å². The summed E-state index contributed by atoms with van der Waals surface area (Å²) >= 11 is 0. The van der Waals surface area contributed by atoms with E-state index >= 15 is 0 Å². The van der Waals surface area contributed by atoms with Crippen molar-refractivity contribution in [3.8, 4) is 0 Å². The lowest BCUT2D eigenvalue weighted by Crippen LogP contribution is -2.47. The highest BCUT2D eigenvalue weighted by Crippen LogP contribution is 2.32. The molecule has 0 radical (unpaired) electrons. The summed E-state index contributed by atoms with van der Waals surface area (Å²) in [4.78, 5) is 16.5. The standard InChI is InChI=1S/C21H34B7N5/c22-12-9-4-3-5-10(18(9)32-21(28)17(12)27)33(7-2-1-6-29)8-11-30-19-15(25)13(23)14(24)16(26)20(19)31-11/h10H,1-8,22-29H2,(H,30,31)/t10-/m0/s1. The minimum Gasteiger partial charge on any atom is -0.341 e. The number of unbranched alkanes of at least 4 members (excludes halogenated alkanes) is 1. The van der Waals surface area contributed by atoms with E-state index in [1.54, 1.807) is 0 Å². The molecule has 0 bridgehead atoms. The van der Waals surface area contributed by atoms with Gasteiger partial charge in [-0.05, 0) is 56.4 Å². The Morgan fingerprint density at radius 3 is 2.33 bits per heavy atom. The Bertz CT molecular complexity index is 1150. The number of aromatic nitrogens is 3. The third-order valence-electron chi connectivity index (χ3n) is 8.24. The highest BCUT2D eigenvalue weighted by Gasteiger charge is 2.29. The number of nitrogens with zero attached hydrogens (tertiary/aromatic N) is 3. The average molecular weight is 432 g/mol. The van der Waals surface area contributed by atoms with Gasteiger partial charge in [0.25, 0.3) is 0 Å². The number of hydrogen-bond acceptors (Lipinski definition) is 4. The Morgan fingerprint density at radius 1 is 0.879 bits per heavy atom. The van der Waals surface area contributed by atoms with Crippen molar-refractivity contribution in [3.05, 3.63) is 17.1 Å². The third kappa shape index (κ3) is 4.49. The molecule has 1 aliphatic carbocycles. The SMILES string of the molecule is Bc1nc2c(c(B)c1B)CCC[C@@H]2N(CCCCN)Cc1nc2c(B)c(B)c(B)c(B)c2[nH]1. The Morgan fingerprint density at radius 2 is 1.61 bits per heavy atom. The molecule has 0 unspecified atom stereocenters. The maximum Gasteiger partial charge on any atom is 0.163 e. The Labute approximate surface area is 204 Å². The number of pyridine rings is 1. The molecular formula is C21H34B7N5. The Kier molecular flexibility index (Phi) is 7.25. The lowest BCUT2D eigenvalue weighted by atomic mass is 9.66. The fourth-order valence-corrected chi connectivity index (χ4v) is 5.54. The van der Waals surface area contributed by atoms with E-state index in [0.717, 1.165) is 56.7 Å². The summed E-state index contributed by atoms with van der Waals surface area (Å²) in [6.07, 6.45) is 5.66. The smallest absolute Gasteiger partial charge is 0.163 e. The second-order valence-electron chi connectivity index (χ2n) is 10.1. The van der Waals surface area contributed by atoms with Crippen molar-refractivity contribution in [2.24, 2.45) is 5.73 Å². The number of fused-ring (bicyclic) bond motifs is 2. The lowest BCUT2D eigenvalue weighted by molar-refractivity contribution is 0.160. The Hall–Kier alpha value is -1.79. The quantitative estimate of drug-likeness (QED) is 0.288. The number of imidazole rings is 1. The Balaban J connectivity index is 1.73. The van der Waals surface area contributed by atoms with Crippen molar-refractivity contribution >= 4 is 104 Å². The highest BCUT2D eigenvalue weighted by atomic mass is 15.2. The molecule has 0 saturated heterocycles. The molecule has 0 fully saturated rings. The van der Waals surface area contributed by atoms with Crippen LogP contribution in [0.15, 0.2) is 0 Å². The first-order valence-electron chi connectivity index (χ1n) is 12.6. The number of benzene rings is 1.